The predicted octanol–water partition coefficient (Wildman–Crippen LogP) is 4.87. The van der Waals surface area contributed by atoms with Crippen molar-refractivity contribution in [1.82, 2.24) is 24.9 Å². The van der Waals surface area contributed by atoms with Crippen LogP contribution < -0.4 is 4.74 Å². The normalized spacial score (nSPS) is 11.6. The molecule has 3 heterocycles. The Morgan fingerprint density at radius 2 is 1.78 bits per heavy atom. The molecular formula is C25H19F2N5O3S. The van der Waals surface area contributed by atoms with Gasteiger partial charge in [-0.3, -0.25) is 4.98 Å². The first kappa shape index (κ1) is 23.5. The Kier molecular flexibility index (Phi) is 6.15. The number of pyridine rings is 1. The molecule has 1 N–H and O–H groups in total. The number of fused-ring (bicyclic) bond motifs is 1. The number of sulfone groups is 1. The predicted molar refractivity (Wildman–Crippen MR) is 128 cm³/mol. The van der Waals surface area contributed by atoms with Crippen LogP contribution in [-0.4, -0.2) is 39.1 Å². The van der Waals surface area contributed by atoms with E-state index in [1.54, 1.807) is 18.3 Å². The van der Waals surface area contributed by atoms with E-state index >= 15 is 0 Å². The maximum atomic E-state index is 14.4. The van der Waals surface area contributed by atoms with Gasteiger partial charge in [0, 0.05) is 30.4 Å². The van der Waals surface area contributed by atoms with Crippen molar-refractivity contribution < 1.29 is 21.9 Å². The maximum Gasteiger partial charge on any atom is 0.195 e. The van der Waals surface area contributed by atoms with Gasteiger partial charge < -0.3 is 9.72 Å². The summed E-state index contributed by atoms with van der Waals surface area (Å²) < 4.78 is 58.9. The van der Waals surface area contributed by atoms with Crippen LogP contribution in [0, 0.1) is 11.6 Å². The second kappa shape index (κ2) is 9.42. The van der Waals surface area contributed by atoms with Crippen molar-refractivity contribution in [3.05, 3.63) is 90.0 Å². The molecule has 182 valence electrons. The van der Waals surface area contributed by atoms with Crippen molar-refractivity contribution in [1.29, 1.82) is 0 Å². The second-order valence-electron chi connectivity index (χ2n) is 7.87. The van der Waals surface area contributed by atoms with E-state index in [0.717, 1.165) is 0 Å². The van der Waals surface area contributed by atoms with E-state index in [2.05, 4.69) is 24.9 Å². The Bertz CT molecular complexity index is 1640. The summed E-state index contributed by atoms with van der Waals surface area (Å²) in [5, 5.41) is -0.0503. The number of nitrogens with one attached hydrogen (secondary N) is 1. The van der Waals surface area contributed by atoms with Crippen LogP contribution in [0.2, 0.25) is 0 Å². The molecule has 8 nitrogen and oxygen atoms in total. The first-order chi connectivity index (χ1) is 17.3. The lowest BCUT2D eigenvalue weighted by Gasteiger charge is -2.10. The Morgan fingerprint density at radius 3 is 2.44 bits per heavy atom. The van der Waals surface area contributed by atoms with Crippen LogP contribution in [0.3, 0.4) is 0 Å². The van der Waals surface area contributed by atoms with Crippen LogP contribution in [0.4, 0.5) is 8.78 Å². The molecule has 0 unspecified atom stereocenters. The van der Waals surface area contributed by atoms with E-state index in [1.165, 1.54) is 55.8 Å². The summed E-state index contributed by atoms with van der Waals surface area (Å²) in [5.74, 6) is -0.341. The molecule has 5 aromatic rings. The smallest absolute Gasteiger partial charge is 0.195 e. The largest absolute Gasteiger partial charge is 0.456 e. The van der Waals surface area contributed by atoms with Gasteiger partial charge in [0.25, 0.3) is 0 Å². The molecule has 36 heavy (non-hydrogen) atoms. The summed E-state index contributed by atoms with van der Waals surface area (Å²) in [7, 11) is -3.45. The van der Waals surface area contributed by atoms with Crippen molar-refractivity contribution in [3.8, 4) is 23.0 Å². The number of halogens is 2. The number of hydrogen-bond acceptors (Lipinski definition) is 7. The molecule has 0 radical (unpaired) electrons. The van der Waals surface area contributed by atoms with Crippen LogP contribution in [0.25, 0.3) is 22.6 Å². The zero-order valence-corrected chi connectivity index (χ0v) is 19.8. The average Bonchev–Trinajstić information content (AvgIpc) is 3.32. The van der Waals surface area contributed by atoms with Gasteiger partial charge in [-0.05, 0) is 35.9 Å². The fraction of sp³-hybridized carbons (Fsp3) is 0.120. The second-order valence-corrected chi connectivity index (χ2v) is 10.1. The number of ether oxygens (including phenoxy) is 1. The van der Waals surface area contributed by atoms with Crippen molar-refractivity contribution in [2.75, 3.05) is 5.75 Å². The topological polar surface area (TPSA) is 111 Å². The van der Waals surface area contributed by atoms with E-state index in [-0.39, 0.29) is 22.8 Å². The Balaban J connectivity index is 1.57. The average molecular weight is 508 g/mol. The molecular weight excluding hydrogens is 488 g/mol. The highest BCUT2D eigenvalue weighted by molar-refractivity contribution is 7.91. The van der Waals surface area contributed by atoms with Gasteiger partial charge in [-0.2, -0.15) is 0 Å². The molecule has 0 atom stereocenters. The summed E-state index contributed by atoms with van der Waals surface area (Å²) in [5.41, 5.74) is 1.95. The monoisotopic (exact) mass is 507 g/mol. The fourth-order valence-electron chi connectivity index (χ4n) is 3.68. The molecule has 0 aliphatic carbocycles. The van der Waals surface area contributed by atoms with Crippen LogP contribution in [0.1, 0.15) is 18.1 Å². The van der Waals surface area contributed by atoms with Crippen LogP contribution in [0.5, 0.6) is 11.5 Å². The highest BCUT2D eigenvalue weighted by Gasteiger charge is 2.18. The van der Waals surface area contributed by atoms with E-state index in [4.69, 9.17) is 4.74 Å². The van der Waals surface area contributed by atoms with Crippen LogP contribution >= 0.6 is 0 Å². The van der Waals surface area contributed by atoms with Gasteiger partial charge in [0.05, 0.1) is 29.2 Å². The molecule has 0 spiro atoms. The molecule has 0 amide bonds. The molecule has 0 saturated carbocycles. The minimum absolute atomic E-state index is 0.0503. The minimum Gasteiger partial charge on any atom is -0.456 e. The zero-order chi connectivity index (χ0) is 25.3. The number of H-pyrrole nitrogens is 1. The molecule has 0 fully saturated rings. The molecule has 3 aromatic heterocycles. The standard InChI is InChI=1S/C25H19F2N5O3S/c1-2-36(33,34)23-7-6-16(13-30-23)35-17-10-15(11-18-19(26)4-3-5-20(18)27)24-21(12-17)31-25(32-24)22-14-28-8-9-29-22/h3-10,12-14H,2,11H2,1H3,(H,31,32). The van der Waals surface area contributed by atoms with E-state index in [9.17, 15) is 17.2 Å². The van der Waals surface area contributed by atoms with E-state index in [1.807, 2.05) is 0 Å². The van der Waals surface area contributed by atoms with Gasteiger partial charge >= 0.3 is 0 Å². The zero-order valence-electron chi connectivity index (χ0n) is 18.9. The van der Waals surface area contributed by atoms with Gasteiger partial charge in [0.2, 0.25) is 0 Å². The van der Waals surface area contributed by atoms with Crippen molar-refractivity contribution in [2.45, 2.75) is 18.4 Å². The van der Waals surface area contributed by atoms with Crippen LogP contribution in [0.15, 0.2) is 72.3 Å². The minimum atomic E-state index is -3.45. The number of aromatic amines is 1. The third-order valence-electron chi connectivity index (χ3n) is 5.52. The summed E-state index contributed by atoms with van der Waals surface area (Å²) in [4.78, 5) is 20.0. The number of imidazole rings is 1. The Hall–Kier alpha value is -4.25. The van der Waals surface area contributed by atoms with E-state index < -0.39 is 21.5 Å². The van der Waals surface area contributed by atoms with Gasteiger partial charge in [0.1, 0.15) is 28.8 Å². The first-order valence-corrected chi connectivity index (χ1v) is 12.6. The summed E-state index contributed by atoms with van der Waals surface area (Å²) in [6.07, 6.45) is 5.84. The molecule has 0 bridgehead atoms. The summed E-state index contributed by atoms with van der Waals surface area (Å²) >= 11 is 0. The molecule has 2 aromatic carbocycles. The van der Waals surface area contributed by atoms with Crippen LogP contribution in [-0.2, 0) is 16.3 Å². The fourth-order valence-corrected chi connectivity index (χ4v) is 4.47. The molecule has 11 heteroatoms. The summed E-state index contributed by atoms with van der Waals surface area (Å²) in [6, 6.07) is 9.87. The third-order valence-corrected chi connectivity index (χ3v) is 7.16. The number of rotatable bonds is 7. The van der Waals surface area contributed by atoms with Crippen molar-refractivity contribution >= 4 is 20.9 Å². The maximum absolute atomic E-state index is 14.4. The summed E-state index contributed by atoms with van der Waals surface area (Å²) in [6.45, 7) is 1.54. The molecule has 5 rings (SSSR count). The highest BCUT2D eigenvalue weighted by atomic mass is 32.2. The van der Waals surface area contributed by atoms with Gasteiger partial charge in [-0.1, -0.05) is 13.0 Å². The highest BCUT2D eigenvalue weighted by Crippen LogP contribution is 2.31. The van der Waals surface area contributed by atoms with Gasteiger partial charge in [-0.15, -0.1) is 0 Å². The van der Waals surface area contributed by atoms with E-state index in [0.29, 0.717) is 39.6 Å². The number of hydrogen-bond donors (Lipinski definition) is 1. The molecule has 0 aliphatic heterocycles. The Morgan fingerprint density at radius 1 is 0.972 bits per heavy atom. The number of aromatic nitrogens is 5. The lowest BCUT2D eigenvalue weighted by molar-refractivity contribution is 0.479. The third kappa shape index (κ3) is 4.65. The number of nitrogens with zero attached hydrogens (tertiary/aromatic N) is 4. The van der Waals surface area contributed by atoms with Gasteiger partial charge in [-0.25, -0.2) is 32.2 Å². The van der Waals surface area contributed by atoms with Crippen molar-refractivity contribution in [3.63, 3.8) is 0 Å². The number of benzene rings is 2. The first-order valence-electron chi connectivity index (χ1n) is 10.9. The van der Waals surface area contributed by atoms with Gasteiger partial charge in [0.15, 0.2) is 20.7 Å². The lowest BCUT2D eigenvalue weighted by atomic mass is 10.0. The lowest BCUT2D eigenvalue weighted by Crippen LogP contribution is -2.05. The quantitative estimate of drug-likeness (QED) is 0.335. The Labute approximate surface area is 205 Å². The molecule has 0 saturated heterocycles. The SMILES string of the molecule is CCS(=O)(=O)c1ccc(Oc2cc(Cc3c(F)cccc3F)c3nc(-c4cnccn4)[nH]c3c2)cn1. The molecule has 0 aliphatic rings. The van der Waals surface area contributed by atoms with Crippen molar-refractivity contribution in [2.24, 2.45) is 0 Å².